The predicted molar refractivity (Wildman–Crippen MR) is 101 cm³/mol. The molecule has 2 amide bonds. The van der Waals surface area contributed by atoms with Gasteiger partial charge in [-0.1, -0.05) is 30.3 Å². The SMILES string of the molecule is Nc1ccc(C(=O)Nc2cc(C(=O)NCc3ccccc3)ccn2)cc1. The zero-order valence-electron chi connectivity index (χ0n) is 14.0. The Balaban J connectivity index is 1.64. The van der Waals surface area contributed by atoms with Crippen molar-refractivity contribution >= 4 is 23.3 Å². The van der Waals surface area contributed by atoms with Crippen LogP contribution in [-0.4, -0.2) is 16.8 Å². The number of hydrogen-bond acceptors (Lipinski definition) is 4. The Bertz CT molecular complexity index is 909. The van der Waals surface area contributed by atoms with Crippen LogP contribution in [0, 0.1) is 0 Å². The lowest BCUT2D eigenvalue weighted by atomic mass is 10.2. The molecule has 0 aliphatic carbocycles. The molecular weight excluding hydrogens is 328 g/mol. The summed E-state index contributed by atoms with van der Waals surface area (Å²) in [5.41, 5.74) is 8.08. The molecule has 0 aliphatic rings. The number of nitrogens with one attached hydrogen (secondary N) is 2. The molecule has 0 fully saturated rings. The van der Waals surface area contributed by atoms with Gasteiger partial charge in [-0.15, -0.1) is 0 Å². The van der Waals surface area contributed by atoms with E-state index >= 15 is 0 Å². The van der Waals surface area contributed by atoms with Crippen LogP contribution in [0.15, 0.2) is 72.9 Å². The molecule has 0 atom stereocenters. The second-order valence-corrected chi connectivity index (χ2v) is 5.67. The average Bonchev–Trinajstić information content (AvgIpc) is 2.67. The molecule has 2 aromatic carbocycles. The summed E-state index contributed by atoms with van der Waals surface area (Å²) in [6.45, 7) is 0.426. The summed E-state index contributed by atoms with van der Waals surface area (Å²) in [5, 5.41) is 5.52. The number of benzene rings is 2. The average molecular weight is 346 g/mol. The van der Waals surface area contributed by atoms with Crippen molar-refractivity contribution < 1.29 is 9.59 Å². The number of hydrogen-bond donors (Lipinski definition) is 3. The van der Waals surface area contributed by atoms with Gasteiger partial charge in [-0.05, 0) is 42.0 Å². The Kier molecular flexibility index (Phi) is 5.24. The van der Waals surface area contributed by atoms with Crippen LogP contribution in [-0.2, 0) is 6.54 Å². The fraction of sp³-hybridized carbons (Fsp3) is 0.0500. The maximum Gasteiger partial charge on any atom is 0.256 e. The predicted octanol–water partition coefficient (Wildman–Crippen LogP) is 2.85. The van der Waals surface area contributed by atoms with E-state index < -0.39 is 0 Å². The Morgan fingerprint density at radius 1 is 0.885 bits per heavy atom. The lowest BCUT2D eigenvalue weighted by Gasteiger charge is -2.08. The Morgan fingerprint density at radius 2 is 1.62 bits per heavy atom. The fourth-order valence-electron chi connectivity index (χ4n) is 2.34. The number of nitrogens with two attached hydrogens (primary N) is 1. The first-order valence-electron chi connectivity index (χ1n) is 8.07. The van der Waals surface area contributed by atoms with Gasteiger partial charge >= 0.3 is 0 Å². The van der Waals surface area contributed by atoms with Gasteiger partial charge < -0.3 is 16.4 Å². The van der Waals surface area contributed by atoms with Gasteiger partial charge in [0.15, 0.2) is 0 Å². The minimum Gasteiger partial charge on any atom is -0.399 e. The maximum absolute atomic E-state index is 12.3. The normalized spacial score (nSPS) is 10.2. The van der Waals surface area contributed by atoms with Gasteiger partial charge in [0.2, 0.25) is 0 Å². The molecule has 6 nitrogen and oxygen atoms in total. The second kappa shape index (κ2) is 7.94. The van der Waals surface area contributed by atoms with Crippen molar-refractivity contribution in [1.29, 1.82) is 0 Å². The van der Waals surface area contributed by atoms with Crippen LogP contribution in [0.3, 0.4) is 0 Å². The van der Waals surface area contributed by atoms with Gasteiger partial charge in [0.1, 0.15) is 5.82 Å². The highest BCUT2D eigenvalue weighted by Gasteiger charge is 2.10. The van der Waals surface area contributed by atoms with E-state index in [4.69, 9.17) is 5.73 Å². The van der Waals surface area contributed by atoms with E-state index in [1.54, 1.807) is 30.3 Å². The zero-order valence-corrected chi connectivity index (χ0v) is 14.0. The smallest absolute Gasteiger partial charge is 0.256 e. The van der Waals surface area contributed by atoms with Crippen LogP contribution >= 0.6 is 0 Å². The minimum absolute atomic E-state index is 0.237. The van der Waals surface area contributed by atoms with E-state index in [0.29, 0.717) is 29.2 Å². The summed E-state index contributed by atoms with van der Waals surface area (Å²) < 4.78 is 0. The van der Waals surface area contributed by atoms with E-state index in [2.05, 4.69) is 15.6 Å². The molecule has 6 heteroatoms. The monoisotopic (exact) mass is 346 g/mol. The summed E-state index contributed by atoms with van der Waals surface area (Å²) in [6, 6.07) is 19.3. The summed E-state index contributed by atoms with van der Waals surface area (Å²) >= 11 is 0. The molecule has 3 rings (SSSR count). The molecule has 1 heterocycles. The van der Waals surface area contributed by atoms with Crippen LogP contribution < -0.4 is 16.4 Å². The highest BCUT2D eigenvalue weighted by atomic mass is 16.2. The minimum atomic E-state index is -0.320. The first-order valence-corrected chi connectivity index (χ1v) is 8.07. The van der Waals surface area contributed by atoms with E-state index in [1.807, 2.05) is 30.3 Å². The molecule has 0 radical (unpaired) electrons. The van der Waals surface area contributed by atoms with E-state index in [9.17, 15) is 9.59 Å². The van der Waals surface area contributed by atoms with Crippen molar-refractivity contribution in [1.82, 2.24) is 10.3 Å². The van der Waals surface area contributed by atoms with Crippen molar-refractivity contribution in [2.75, 3.05) is 11.1 Å². The third-order valence-electron chi connectivity index (χ3n) is 3.73. The van der Waals surface area contributed by atoms with Gasteiger partial charge in [0, 0.05) is 29.6 Å². The number of carbonyl (C=O) groups excluding carboxylic acids is 2. The molecule has 4 N–H and O–H groups in total. The molecular formula is C20H18N4O2. The summed E-state index contributed by atoms with van der Waals surface area (Å²) in [6.07, 6.45) is 1.48. The van der Waals surface area contributed by atoms with Crippen molar-refractivity contribution in [3.63, 3.8) is 0 Å². The van der Waals surface area contributed by atoms with Crippen LogP contribution in [0.1, 0.15) is 26.3 Å². The summed E-state index contributed by atoms with van der Waals surface area (Å²) in [4.78, 5) is 28.6. The Hall–Kier alpha value is -3.67. The number of carbonyl (C=O) groups is 2. The van der Waals surface area contributed by atoms with Gasteiger partial charge in [0.05, 0.1) is 0 Å². The van der Waals surface area contributed by atoms with Crippen LogP contribution in [0.4, 0.5) is 11.5 Å². The topological polar surface area (TPSA) is 97.1 Å². The number of aromatic nitrogens is 1. The quantitative estimate of drug-likeness (QED) is 0.619. The standard InChI is InChI=1S/C20H18N4O2/c21-17-8-6-15(7-9-17)20(26)24-18-12-16(10-11-22-18)19(25)23-13-14-4-2-1-3-5-14/h1-12H,13,21H2,(H,23,25)(H,22,24,26). The van der Waals surface area contributed by atoms with E-state index in [-0.39, 0.29) is 11.8 Å². The number of pyridine rings is 1. The van der Waals surface area contributed by atoms with E-state index in [0.717, 1.165) is 5.56 Å². The molecule has 26 heavy (non-hydrogen) atoms. The van der Waals surface area contributed by atoms with E-state index in [1.165, 1.54) is 12.3 Å². The molecule has 1 aromatic heterocycles. The van der Waals surface area contributed by atoms with Gasteiger partial charge in [0.25, 0.3) is 11.8 Å². The molecule has 0 aliphatic heterocycles. The number of nitrogens with zero attached hydrogens (tertiary/aromatic N) is 1. The van der Waals surface area contributed by atoms with Crippen molar-refractivity contribution in [2.45, 2.75) is 6.54 Å². The van der Waals surface area contributed by atoms with Crippen LogP contribution in [0.2, 0.25) is 0 Å². The lowest BCUT2D eigenvalue weighted by molar-refractivity contribution is 0.0949. The molecule has 3 aromatic rings. The highest BCUT2D eigenvalue weighted by Crippen LogP contribution is 2.11. The maximum atomic E-state index is 12.3. The van der Waals surface area contributed by atoms with Crippen molar-refractivity contribution in [3.05, 3.63) is 89.6 Å². The molecule has 130 valence electrons. The largest absolute Gasteiger partial charge is 0.399 e. The molecule has 0 unspecified atom stereocenters. The van der Waals surface area contributed by atoms with Crippen LogP contribution in [0.5, 0.6) is 0 Å². The molecule has 0 saturated heterocycles. The highest BCUT2D eigenvalue weighted by molar-refractivity contribution is 6.04. The lowest BCUT2D eigenvalue weighted by Crippen LogP contribution is -2.23. The number of amides is 2. The molecule has 0 spiro atoms. The third-order valence-corrected chi connectivity index (χ3v) is 3.73. The first-order chi connectivity index (χ1) is 12.6. The molecule has 0 saturated carbocycles. The Morgan fingerprint density at radius 3 is 2.35 bits per heavy atom. The Labute approximate surface area is 151 Å². The van der Waals surface area contributed by atoms with Gasteiger partial charge in [-0.25, -0.2) is 4.98 Å². The number of nitrogen functional groups attached to an aromatic ring is 1. The van der Waals surface area contributed by atoms with Gasteiger partial charge in [-0.2, -0.15) is 0 Å². The first kappa shape index (κ1) is 17.2. The number of rotatable bonds is 5. The second-order valence-electron chi connectivity index (χ2n) is 5.67. The summed E-state index contributed by atoms with van der Waals surface area (Å²) in [5.74, 6) is -0.252. The van der Waals surface area contributed by atoms with Crippen molar-refractivity contribution in [2.24, 2.45) is 0 Å². The third kappa shape index (κ3) is 4.45. The zero-order chi connectivity index (χ0) is 18.4. The van der Waals surface area contributed by atoms with Crippen LogP contribution in [0.25, 0.3) is 0 Å². The van der Waals surface area contributed by atoms with Gasteiger partial charge in [-0.3, -0.25) is 9.59 Å². The number of anilines is 2. The molecule has 0 bridgehead atoms. The fourth-order valence-corrected chi connectivity index (χ4v) is 2.34. The van der Waals surface area contributed by atoms with Crippen molar-refractivity contribution in [3.8, 4) is 0 Å². The summed E-state index contributed by atoms with van der Waals surface area (Å²) in [7, 11) is 0.